The maximum atomic E-state index is 12.1. The number of benzene rings is 1. The summed E-state index contributed by atoms with van der Waals surface area (Å²) >= 11 is 1.82. The van der Waals surface area contributed by atoms with Crippen LogP contribution in [0.25, 0.3) is 0 Å². The minimum Gasteiger partial charge on any atom is -0.378 e. The molecular weight excluding hydrogens is 553 g/mol. The van der Waals surface area contributed by atoms with Gasteiger partial charge in [0.25, 0.3) is 0 Å². The fourth-order valence-corrected chi connectivity index (χ4v) is 6.71. The molecule has 6 nitrogen and oxygen atoms in total. The van der Waals surface area contributed by atoms with Gasteiger partial charge in [-0.1, -0.05) is 114 Å². The van der Waals surface area contributed by atoms with Crippen molar-refractivity contribution in [3.8, 4) is 0 Å². The van der Waals surface area contributed by atoms with Gasteiger partial charge in [-0.3, -0.25) is 9.05 Å². The highest BCUT2D eigenvalue weighted by Gasteiger charge is 2.24. The fraction of sp³-hybridized carbons (Fsp3) is 0.818. The van der Waals surface area contributed by atoms with Crippen molar-refractivity contribution in [2.24, 2.45) is 0 Å². The second kappa shape index (κ2) is 24.0. The lowest BCUT2D eigenvalue weighted by Crippen LogP contribution is -2.37. The zero-order valence-corrected chi connectivity index (χ0v) is 28.8. The number of unbranched alkanes of at least 4 members (excludes halogenated alkanes) is 11. The molecule has 0 amide bonds. The number of likely N-dealkylation sites (N-methyl/N-ethyl adjacent to an activating group) is 1. The Balaban J connectivity index is 2.12. The van der Waals surface area contributed by atoms with E-state index in [1.54, 1.807) is 7.11 Å². The summed E-state index contributed by atoms with van der Waals surface area (Å²) in [4.78, 5) is 9.90. The number of nitrogens with zero attached hydrogens (tertiary/aromatic N) is 1. The molecule has 0 radical (unpaired) electrons. The standard InChI is InChI=1S/C33H62NO5PS/c1-6-7-8-9-10-13-17-22-31(32-24-19-16-20-25-32)23-18-14-11-12-15-21-28-41-30-33(37-5)29-39-40(35,36)38-27-26-34(2,3)4/h16,19-20,24-25,31,33H,6-15,17-18,21-23,26-30H2,1-5H3/p+1. The molecular formula is C33H63NO5PS+. The molecule has 0 aliphatic rings. The van der Waals surface area contributed by atoms with Crippen LogP contribution in [0, 0.1) is 0 Å². The zero-order chi connectivity index (χ0) is 30.2. The molecule has 0 aliphatic heterocycles. The van der Waals surface area contributed by atoms with Crippen LogP contribution in [0.3, 0.4) is 0 Å². The molecule has 41 heavy (non-hydrogen) atoms. The van der Waals surface area contributed by atoms with Crippen LogP contribution < -0.4 is 0 Å². The van der Waals surface area contributed by atoms with Crippen LogP contribution in [-0.4, -0.2) is 75.0 Å². The van der Waals surface area contributed by atoms with Crippen molar-refractivity contribution in [3.05, 3.63) is 35.9 Å². The van der Waals surface area contributed by atoms with Crippen molar-refractivity contribution >= 4 is 19.6 Å². The number of thioether (sulfide) groups is 1. The Bertz CT molecular complexity index is 777. The van der Waals surface area contributed by atoms with Gasteiger partial charge in [0.05, 0.1) is 33.9 Å². The van der Waals surface area contributed by atoms with Crippen LogP contribution in [0.2, 0.25) is 0 Å². The van der Waals surface area contributed by atoms with E-state index in [1.807, 2.05) is 32.9 Å². The predicted molar refractivity (Wildman–Crippen MR) is 177 cm³/mol. The summed E-state index contributed by atoms with van der Waals surface area (Å²) in [5, 5.41) is 0. The minimum absolute atomic E-state index is 0.0601. The quantitative estimate of drug-likeness (QED) is 0.0575. The van der Waals surface area contributed by atoms with Gasteiger partial charge in [0, 0.05) is 12.9 Å². The molecule has 8 heteroatoms. The first-order valence-electron chi connectivity index (χ1n) is 16.2. The van der Waals surface area contributed by atoms with Crippen LogP contribution in [0.1, 0.15) is 115 Å². The highest BCUT2D eigenvalue weighted by Crippen LogP contribution is 2.43. The van der Waals surface area contributed by atoms with E-state index in [4.69, 9.17) is 13.8 Å². The molecule has 0 aromatic heterocycles. The number of hydrogen-bond acceptors (Lipinski definition) is 5. The van der Waals surface area contributed by atoms with E-state index in [-0.39, 0.29) is 19.3 Å². The number of hydrogen-bond donors (Lipinski definition) is 1. The van der Waals surface area contributed by atoms with E-state index in [0.717, 1.165) is 17.4 Å². The van der Waals surface area contributed by atoms with Gasteiger partial charge in [0.15, 0.2) is 0 Å². The van der Waals surface area contributed by atoms with E-state index in [0.29, 0.717) is 11.0 Å². The van der Waals surface area contributed by atoms with Crippen molar-refractivity contribution < 1.29 is 27.7 Å². The molecule has 0 saturated carbocycles. The Kier molecular flexibility index (Phi) is 22.6. The maximum Gasteiger partial charge on any atom is 0.472 e. The van der Waals surface area contributed by atoms with Gasteiger partial charge in [0.1, 0.15) is 13.2 Å². The number of methoxy groups -OCH3 is 1. The first kappa shape index (κ1) is 38.6. The molecule has 0 bridgehead atoms. The van der Waals surface area contributed by atoms with E-state index in [2.05, 4.69) is 37.3 Å². The largest absolute Gasteiger partial charge is 0.472 e. The van der Waals surface area contributed by atoms with E-state index < -0.39 is 7.82 Å². The number of quaternary nitrogens is 1. The summed E-state index contributed by atoms with van der Waals surface area (Å²) in [5.41, 5.74) is 1.53. The van der Waals surface area contributed by atoms with Gasteiger partial charge >= 0.3 is 7.82 Å². The Morgan fingerprint density at radius 3 is 1.95 bits per heavy atom. The van der Waals surface area contributed by atoms with E-state index >= 15 is 0 Å². The summed E-state index contributed by atoms with van der Waals surface area (Å²) in [5.74, 6) is 2.54. The highest BCUT2D eigenvalue weighted by molar-refractivity contribution is 7.99. The number of ether oxygens (including phenoxy) is 1. The van der Waals surface area contributed by atoms with Gasteiger partial charge in [-0.05, 0) is 36.5 Å². The number of phosphoric acid groups is 1. The zero-order valence-electron chi connectivity index (χ0n) is 27.1. The topological polar surface area (TPSA) is 65.0 Å². The fourth-order valence-electron chi connectivity index (χ4n) is 4.90. The van der Waals surface area contributed by atoms with Crippen LogP contribution in [0.15, 0.2) is 30.3 Å². The van der Waals surface area contributed by atoms with Gasteiger partial charge < -0.3 is 14.1 Å². The Hall–Kier alpha value is -0.400. The van der Waals surface area contributed by atoms with Crippen LogP contribution in [-0.2, 0) is 18.3 Å². The monoisotopic (exact) mass is 616 g/mol. The first-order chi connectivity index (χ1) is 19.7. The second-order valence-corrected chi connectivity index (χ2v) is 15.1. The second-order valence-electron chi connectivity index (χ2n) is 12.5. The SMILES string of the molecule is CCCCCCCCCC(CCCCCCCCSCC(COP(=O)(O)OCC[N+](C)(C)C)OC)c1ccccc1. The smallest absolute Gasteiger partial charge is 0.378 e. The average molecular weight is 617 g/mol. The van der Waals surface area contributed by atoms with Crippen molar-refractivity contribution in [1.29, 1.82) is 0 Å². The third-order valence-electron chi connectivity index (χ3n) is 7.60. The number of rotatable bonds is 28. The molecule has 0 aliphatic carbocycles. The molecule has 0 heterocycles. The van der Waals surface area contributed by atoms with E-state index in [9.17, 15) is 9.46 Å². The predicted octanol–water partition coefficient (Wildman–Crippen LogP) is 9.23. The summed E-state index contributed by atoms with van der Waals surface area (Å²) in [6.45, 7) is 3.15. The molecule has 1 rings (SSSR count). The van der Waals surface area contributed by atoms with E-state index in [1.165, 1.54) is 102 Å². The Morgan fingerprint density at radius 1 is 0.829 bits per heavy atom. The molecule has 0 fully saturated rings. The summed E-state index contributed by atoms with van der Waals surface area (Å²) in [6.07, 6.45) is 19.8. The Morgan fingerprint density at radius 2 is 1.39 bits per heavy atom. The lowest BCUT2D eigenvalue weighted by Gasteiger charge is -2.24. The maximum absolute atomic E-state index is 12.1. The molecule has 1 aromatic carbocycles. The lowest BCUT2D eigenvalue weighted by atomic mass is 9.88. The van der Waals surface area contributed by atoms with Crippen molar-refractivity contribution in [3.63, 3.8) is 0 Å². The molecule has 1 N–H and O–H groups in total. The van der Waals surface area contributed by atoms with Gasteiger partial charge in [-0.15, -0.1) is 0 Å². The Labute approximate surface area is 257 Å². The molecule has 240 valence electrons. The molecule has 0 saturated heterocycles. The van der Waals surface area contributed by atoms with Crippen LogP contribution >= 0.6 is 19.6 Å². The van der Waals surface area contributed by atoms with Gasteiger partial charge in [-0.2, -0.15) is 11.8 Å². The van der Waals surface area contributed by atoms with Crippen LogP contribution in [0.5, 0.6) is 0 Å². The third kappa shape index (κ3) is 22.8. The summed E-state index contributed by atoms with van der Waals surface area (Å²) < 4.78 is 28.4. The van der Waals surface area contributed by atoms with Crippen molar-refractivity contribution in [1.82, 2.24) is 0 Å². The molecule has 3 unspecified atom stereocenters. The van der Waals surface area contributed by atoms with Crippen molar-refractivity contribution in [2.75, 3.05) is 59.5 Å². The summed E-state index contributed by atoms with van der Waals surface area (Å²) in [6, 6.07) is 11.2. The molecule has 3 atom stereocenters. The number of phosphoric ester groups is 1. The van der Waals surface area contributed by atoms with Gasteiger partial charge in [-0.25, -0.2) is 4.57 Å². The van der Waals surface area contributed by atoms with Gasteiger partial charge in [0.2, 0.25) is 0 Å². The molecule has 1 aromatic rings. The highest BCUT2D eigenvalue weighted by atomic mass is 32.2. The van der Waals surface area contributed by atoms with Crippen LogP contribution in [0.4, 0.5) is 0 Å². The molecule has 0 spiro atoms. The average Bonchev–Trinajstić information content (AvgIpc) is 2.93. The summed E-state index contributed by atoms with van der Waals surface area (Å²) in [7, 11) is 3.59. The lowest BCUT2D eigenvalue weighted by molar-refractivity contribution is -0.870. The van der Waals surface area contributed by atoms with Crippen molar-refractivity contribution in [2.45, 2.75) is 115 Å². The third-order valence-corrected chi connectivity index (χ3v) is 9.76. The minimum atomic E-state index is -4.04. The first-order valence-corrected chi connectivity index (χ1v) is 18.9. The normalized spacial score (nSPS) is 15.1.